The van der Waals surface area contributed by atoms with E-state index in [-0.39, 0.29) is 0 Å². The van der Waals surface area contributed by atoms with Crippen LogP contribution in [-0.2, 0) is 6.54 Å². The Balaban J connectivity index is 1.78. The molecule has 0 bridgehead atoms. The number of pyridine rings is 1. The van der Waals surface area contributed by atoms with Gasteiger partial charge in [0.15, 0.2) is 0 Å². The summed E-state index contributed by atoms with van der Waals surface area (Å²) in [5.41, 5.74) is 1.68. The van der Waals surface area contributed by atoms with Crippen molar-refractivity contribution in [2.24, 2.45) is 0 Å². The van der Waals surface area contributed by atoms with Crippen LogP contribution in [0.4, 0.5) is 0 Å². The Morgan fingerprint density at radius 2 is 2.44 bits per heavy atom. The minimum absolute atomic E-state index is 0.340. The lowest BCUT2D eigenvalue weighted by Gasteiger charge is -2.53. The second-order valence-corrected chi connectivity index (χ2v) is 5.89. The Bertz CT molecular complexity index is 390. The molecule has 2 aliphatic rings. The van der Waals surface area contributed by atoms with Crippen LogP contribution in [-0.4, -0.2) is 34.6 Å². The number of piperidine rings is 2. The molecule has 3 rings (SSSR count). The van der Waals surface area contributed by atoms with Crippen LogP contribution in [0.1, 0.15) is 38.2 Å². The molecule has 0 aliphatic carbocycles. The van der Waals surface area contributed by atoms with E-state index in [0.717, 1.165) is 6.54 Å². The minimum atomic E-state index is 0.340. The highest BCUT2D eigenvalue weighted by molar-refractivity contribution is 5.11. The molecule has 0 spiro atoms. The Kier molecular flexibility index (Phi) is 3.35. The largest absolute Gasteiger partial charge is 0.312 e. The summed E-state index contributed by atoms with van der Waals surface area (Å²) in [5, 5.41) is 3.72. The van der Waals surface area contributed by atoms with Gasteiger partial charge in [-0.2, -0.15) is 0 Å². The van der Waals surface area contributed by atoms with E-state index in [1.54, 1.807) is 0 Å². The zero-order valence-electron chi connectivity index (χ0n) is 11.2. The van der Waals surface area contributed by atoms with Gasteiger partial charge in [-0.05, 0) is 57.3 Å². The maximum atomic E-state index is 4.23. The SMILES string of the molecule is C[C@]12CCCN[C@@H]1CCCN2Cc1cccnc1. The molecule has 0 amide bonds. The monoisotopic (exact) mass is 245 g/mol. The first-order valence-electron chi connectivity index (χ1n) is 7.16. The highest BCUT2D eigenvalue weighted by Crippen LogP contribution is 2.35. The molecule has 1 N–H and O–H groups in total. The number of rotatable bonds is 2. The van der Waals surface area contributed by atoms with E-state index < -0.39 is 0 Å². The summed E-state index contributed by atoms with van der Waals surface area (Å²) in [6.45, 7) is 5.91. The third-order valence-corrected chi connectivity index (χ3v) is 4.74. The van der Waals surface area contributed by atoms with Crippen molar-refractivity contribution in [3.8, 4) is 0 Å². The van der Waals surface area contributed by atoms with Gasteiger partial charge in [-0.1, -0.05) is 6.07 Å². The quantitative estimate of drug-likeness (QED) is 0.865. The molecule has 2 fully saturated rings. The van der Waals surface area contributed by atoms with Gasteiger partial charge < -0.3 is 5.32 Å². The number of fused-ring (bicyclic) bond motifs is 1. The van der Waals surface area contributed by atoms with Crippen LogP contribution in [0.3, 0.4) is 0 Å². The van der Waals surface area contributed by atoms with Gasteiger partial charge in [0.1, 0.15) is 0 Å². The van der Waals surface area contributed by atoms with Crippen LogP contribution in [0.2, 0.25) is 0 Å². The van der Waals surface area contributed by atoms with Crippen LogP contribution in [0, 0.1) is 0 Å². The summed E-state index contributed by atoms with van der Waals surface area (Å²) in [6, 6.07) is 4.91. The Morgan fingerprint density at radius 1 is 1.50 bits per heavy atom. The first-order chi connectivity index (χ1) is 8.79. The van der Waals surface area contributed by atoms with Crippen LogP contribution in [0.15, 0.2) is 24.5 Å². The van der Waals surface area contributed by atoms with E-state index >= 15 is 0 Å². The number of nitrogens with one attached hydrogen (secondary N) is 1. The smallest absolute Gasteiger partial charge is 0.0338 e. The number of hydrogen-bond donors (Lipinski definition) is 1. The molecular weight excluding hydrogens is 222 g/mol. The molecular formula is C15H23N3. The van der Waals surface area contributed by atoms with Gasteiger partial charge >= 0.3 is 0 Å². The van der Waals surface area contributed by atoms with Gasteiger partial charge in [-0.25, -0.2) is 0 Å². The van der Waals surface area contributed by atoms with Crippen LogP contribution < -0.4 is 5.32 Å². The van der Waals surface area contributed by atoms with E-state index in [1.807, 2.05) is 18.5 Å². The summed E-state index contributed by atoms with van der Waals surface area (Å²) in [7, 11) is 0. The summed E-state index contributed by atoms with van der Waals surface area (Å²) in [5.74, 6) is 0. The van der Waals surface area contributed by atoms with Crippen molar-refractivity contribution in [1.29, 1.82) is 0 Å². The molecule has 1 aromatic rings. The van der Waals surface area contributed by atoms with E-state index in [2.05, 4.69) is 28.2 Å². The van der Waals surface area contributed by atoms with Gasteiger partial charge in [-0.15, -0.1) is 0 Å². The lowest BCUT2D eigenvalue weighted by atomic mass is 9.77. The van der Waals surface area contributed by atoms with Crippen molar-refractivity contribution in [2.75, 3.05) is 13.1 Å². The fourth-order valence-corrected chi connectivity index (χ4v) is 3.62. The number of hydrogen-bond acceptors (Lipinski definition) is 3. The summed E-state index contributed by atoms with van der Waals surface area (Å²) in [6.07, 6.45) is 9.13. The molecule has 1 aromatic heterocycles. The third-order valence-electron chi connectivity index (χ3n) is 4.74. The molecule has 3 heteroatoms. The maximum Gasteiger partial charge on any atom is 0.0338 e. The molecule has 3 heterocycles. The van der Waals surface area contributed by atoms with E-state index in [9.17, 15) is 0 Å². The molecule has 0 aromatic carbocycles. The Morgan fingerprint density at radius 3 is 3.28 bits per heavy atom. The average molecular weight is 245 g/mol. The predicted molar refractivity (Wildman–Crippen MR) is 73.3 cm³/mol. The second kappa shape index (κ2) is 4.98. The van der Waals surface area contributed by atoms with Crippen molar-refractivity contribution in [3.63, 3.8) is 0 Å². The highest BCUT2D eigenvalue weighted by atomic mass is 15.2. The Hall–Kier alpha value is -0.930. The van der Waals surface area contributed by atoms with Crippen LogP contribution in [0.5, 0.6) is 0 Å². The molecule has 18 heavy (non-hydrogen) atoms. The minimum Gasteiger partial charge on any atom is -0.312 e. The van der Waals surface area contributed by atoms with Gasteiger partial charge in [0.2, 0.25) is 0 Å². The van der Waals surface area contributed by atoms with Crippen LogP contribution >= 0.6 is 0 Å². The summed E-state index contributed by atoms with van der Waals surface area (Å²) < 4.78 is 0. The highest BCUT2D eigenvalue weighted by Gasteiger charge is 2.43. The van der Waals surface area contributed by atoms with Crippen molar-refractivity contribution < 1.29 is 0 Å². The maximum absolute atomic E-state index is 4.23. The second-order valence-electron chi connectivity index (χ2n) is 5.89. The lowest BCUT2D eigenvalue weighted by Crippen LogP contribution is -2.64. The molecule has 0 saturated carbocycles. The average Bonchev–Trinajstić information content (AvgIpc) is 2.41. The number of likely N-dealkylation sites (tertiary alicyclic amines) is 1. The molecule has 98 valence electrons. The van der Waals surface area contributed by atoms with E-state index in [0.29, 0.717) is 11.6 Å². The third kappa shape index (κ3) is 2.17. The molecule has 2 atom stereocenters. The molecule has 0 radical (unpaired) electrons. The zero-order chi connectivity index (χ0) is 12.4. The number of nitrogens with zero attached hydrogens (tertiary/aromatic N) is 2. The summed E-state index contributed by atoms with van der Waals surface area (Å²) >= 11 is 0. The van der Waals surface area contributed by atoms with Crippen molar-refractivity contribution >= 4 is 0 Å². The molecule has 3 nitrogen and oxygen atoms in total. The number of aromatic nitrogens is 1. The molecule has 0 unspecified atom stereocenters. The standard InChI is InChI=1S/C15H23N3/c1-15-7-4-9-17-14(15)6-3-10-18(15)12-13-5-2-8-16-11-13/h2,5,8,11,14,17H,3-4,6-7,9-10,12H2,1H3/t14-,15+/m1/s1. The fourth-order valence-electron chi connectivity index (χ4n) is 3.62. The first-order valence-corrected chi connectivity index (χ1v) is 7.16. The normalized spacial score (nSPS) is 33.1. The van der Waals surface area contributed by atoms with Crippen LogP contribution in [0.25, 0.3) is 0 Å². The lowest BCUT2D eigenvalue weighted by molar-refractivity contribution is -0.00110. The summed E-state index contributed by atoms with van der Waals surface area (Å²) in [4.78, 5) is 6.91. The topological polar surface area (TPSA) is 28.2 Å². The first kappa shape index (κ1) is 12.1. The predicted octanol–water partition coefficient (Wildman–Crippen LogP) is 2.19. The van der Waals surface area contributed by atoms with Gasteiger partial charge in [0.05, 0.1) is 0 Å². The van der Waals surface area contributed by atoms with Gasteiger partial charge in [0.25, 0.3) is 0 Å². The van der Waals surface area contributed by atoms with E-state index in [1.165, 1.54) is 44.3 Å². The van der Waals surface area contributed by atoms with Gasteiger partial charge in [-0.3, -0.25) is 9.88 Å². The fraction of sp³-hybridized carbons (Fsp3) is 0.667. The zero-order valence-corrected chi connectivity index (χ0v) is 11.2. The molecule has 2 aliphatic heterocycles. The molecule has 2 saturated heterocycles. The Labute approximate surface area is 110 Å². The van der Waals surface area contributed by atoms with E-state index in [4.69, 9.17) is 0 Å². The van der Waals surface area contributed by atoms with Crippen molar-refractivity contribution in [1.82, 2.24) is 15.2 Å². The van der Waals surface area contributed by atoms with Gasteiger partial charge in [0, 0.05) is 30.5 Å². The van der Waals surface area contributed by atoms with Crippen molar-refractivity contribution in [2.45, 2.75) is 50.7 Å². The van der Waals surface area contributed by atoms with Crippen molar-refractivity contribution in [3.05, 3.63) is 30.1 Å².